The van der Waals surface area contributed by atoms with Crippen molar-refractivity contribution in [2.24, 2.45) is 0 Å². The van der Waals surface area contributed by atoms with Gasteiger partial charge in [-0.2, -0.15) is 5.10 Å². The van der Waals surface area contributed by atoms with Crippen molar-refractivity contribution < 1.29 is 14.6 Å². The maximum atomic E-state index is 12.2. The van der Waals surface area contributed by atoms with Gasteiger partial charge in [-0.05, 0) is 13.0 Å². The van der Waals surface area contributed by atoms with Gasteiger partial charge >= 0.3 is 5.69 Å². The average molecular weight is 446 g/mol. The highest BCUT2D eigenvalue weighted by Crippen LogP contribution is 2.20. The fourth-order valence-corrected chi connectivity index (χ4v) is 3.56. The molecule has 0 fully saturated rings. The molecule has 14 heteroatoms. The minimum absolute atomic E-state index is 0.0478. The second kappa shape index (κ2) is 9.80. The normalized spacial score (nSPS) is 10.7. The molecule has 31 heavy (non-hydrogen) atoms. The molecule has 0 aliphatic rings. The van der Waals surface area contributed by atoms with Crippen LogP contribution in [-0.2, 0) is 24.3 Å². The third-order valence-corrected chi connectivity index (χ3v) is 5.14. The predicted molar refractivity (Wildman–Crippen MR) is 111 cm³/mol. The van der Waals surface area contributed by atoms with Gasteiger partial charge in [-0.15, -0.1) is 10.2 Å². The summed E-state index contributed by atoms with van der Waals surface area (Å²) in [7, 11) is 0. The zero-order valence-corrected chi connectivity index (χ0v) is 17.2. The summed E-state index contributed by atoms with van der Waals surface area (Å²) in [6, 6.07) is 5.70. The summed E-state index contributed by atoms with van der Waals surface area (Å²) in [5.41, 5.74) is 0.150. The molecule has 0 aliphatic carbocycles. The van der Waals surface area contributed by atoms with E-state index in [0.29, 0.717) is 36.2 Å². The maximum Gasteiger partial charge on any atom is 0.306 e. The lowest BCUT2D eigenvalue weighted by Gasteiger charge is -2.08. The molecule has 0 saturated heterocycles. The molecule has 2 heterocycles. The molecule has 0 bridgehead atoms. The first kappa shape index (κ1) is 21.9. The highest BCUT2D eigenvalue weighted by molar-refractivity contribution is 7.99. The zero-order valence-electron chi connectivity index (χ0n) is 16.4. The van der Waals surface area contributed by atoms with Gasteiger partial charge in [0.15, 0.2) is 5.16 Å². The van der Waals surface area contributed by atoms with Crippen molar-refractivity contribution in [2.45, 2.75) is 31.6 Å². The summed E-state index contributed by atoms with van der Waals surface area (Å²) in [5, 5.41) is 37.0. The molecule has 2 aromatic heterocycles. The first-order valence-electron chi connectivity index (χ1n) is 9.13. The van der Waals surface area contributed by atoms with E-state index in [1.54, 1.807) is 6.07 Å². The predicted octanol–water partition coefficient (Wildman–Crippen LogP) is 2.28. The van der Waals surface area contributed by atoms with Crippen LogP contribution in [0.25, 0.3) is 0 Å². The van der Waals surface area contributed by atoms with Crippen LogP contribution in [0.1, 0.15) is 12.7 Å². The summed E-state index contributed by atoms with van der Waals surface area (Å²) in [6.07, 6.45) is 2.99. The van der Waals surface area contributed by atoms with Crippen molar-refractivity contribution in [1.82, 2.24) is 24.5 Å². The summed E-state index contributed by atoms with van der Waals surface area (Å²) in [4.78, 5) is 32.8. The molecule has 0 aliphatic heterocycles. The van der Waals surface area contributed by atoms with Crippen molar-refractivity contribution >= 4 is 34.7 Å². The first-order chi connectivity index (χ1) is 14.9. The van der Waals surface area contributed by atoms with Gasteiger partial charge < -0.3 is 9.88 Å². The molecule has 0 radical (unpaired) electrons. The quantitative estimate of drug-likeness (QED) is 0.279. The second-order valence-corrected chi connectivity index (χ2v) is 7.20. The van der Waals surface area contributed by atoms with Crippen LogP contribution in [0.4, 0.5) is 17.1 Å². The zero-order chi connectivity index (χ0) is 22.4. The van der Waals surface area contributed by atoms with Crippen LogP contribution in [0.2, 0.25) is 0 Å². The summed E-state index contributed by atoms with van der Waals surface area (Å²) < 4.78 is 3.31. The lowest BCUT2D eigenvalue weighted by Crippen LogP contribution is -2.15. The van der Waals surface area contributed by atoms with Crippen LogP contribution in [0.5, 0.6) is 0 Å². The van der Waals surface area contributed by atoms with E-state index < -0.39 is 9.85 Å². The third kappa shape index (κ3) is 5.63. The number of carbonyl (C=O) groups excluding carboxylic acids is 1. The molecule has 0 unspecified atom stereocenters. The fourth-order valence-electron chi connectivity index (χ4n) is 2.74. The SMILES string of the molecule is CCn1c(CCn2cc([N+](=O)[O-])cn2)nnc1SCC(=O)Nc1cccc([N+](=O)[O-])c1. The average Bonchev–Trinajstić information content (AvgIpc) is 3.37. The van der Waals surface area contributed by atoms with Crippen LogP contribution in [0, 0.1) is 20.2 Å². The Balaban J connectivity index is 1.57. The van der Waals surface area contributed by atoms with E-state index in [1.165, 1.54) is 47.0 Å². The molecule has 0 spiro atoms. The van der Waals surface area contributed by atoms with Crippen LogP contribution < -0.4 is 5.32 Å². The van der Waals surface area contributed by atoms with Gasteiger partial charge in [-0.1, -0.05) is 17.8 Å². The van der Waals surface area contributed by atoms with Gasteiger partial charge in [0.25, 0.3) is 5.69 Å². The number of amides is 1. The fraction of sp³-hybridized carbons (Fsp3) is 0.294. The number of hydrogen-bond donors (Lipinski definition) is 1. The number of rotatable bonds is 10. The Morgan fingerprint density at radius 2 is 1.97 bits per heavy atom. The lowest BCUT2D eigenvalue weighted by molar-refractivity contribution is -0.385. The Kier molecular flexibility index (Phi) is 6.92. The van der Waals surface area contributed by atoms with Gasteiger partial charge in [0, 0.05) is 37.3 Å². The molecular formula is C17H18N8O5S. The third-order valence-electron chi connectivity index (χ3n) is 4.18. The number of hydrogen-bond acceptors (Lipinski definition) is 9. The molecule has 0 saturated carbocycles. The Morgan fingerprint density at radius 3 is 2.65 bits per heavy atom. The van der Waals surface area contributed by atoms with Crippen molar-refractivity contribution in [2.75, 3.05) is 11.1 Å². The molecule has 3 aromatic rings. The maximum absolute atomic E-state index is 12.2. The minimum Gasteiger partial charge on any atom is -0.325 e. The van der Waals surface area contributed by atoms with E-state index in [9.17, 15) is 25.0 Å². The Hall–Kier alpha value is -3.81. The number of nitro benzene ring substituents is 1. The molecule has 1 aromatic carbocycles. The van der Waals surface area contributed by atoms with Crippen molar-refractivity contribution in [3.8, 4) is 0 Å². The number of nitro groups is 2. The first-order valence-corrected chi connectivity index (χ1v) is 10.1. The van der Waals surface area contributed by atoms with Gasteiger partial charge in [0.1, 0.15) is 18.2 Å². The molecular weight excluding hydrogens is 428 g/mol. The number of nitrogens with one attached hydrogen (secondary N) is 1. The van der Waals surface area contributed by atoms with Crippen LogP contribution in [0.15, 0.2) is 41.8 Å². The largest absolute Gasteiger partial charge is 0.325 e. The monoisotopic (exact) mass is 446 g/mol. The van der Waals surface area contributed by atoms with Gasteiger partial charge in [-0.25, -0.2) is 0 Å². The minimum atomic E-state index is -0.531. The standard InChI is InChI=1S/C17H18N8O5S/c1-2-23-15(6-7-22-10-14(9-18-22)25(29)30)20-21-17(23)31-11-16(26)19-12-4-3-5-13(8-12)24(27)28/h3-5,8-10H,2,6-7,11H2,1H3,(H,19,26). The molecule has 1 amide bonds. The molecule has 162 valence electrons. The van der Waals surface area contributed by atoms with E-state index in [0.717, 1.165) is 0 Å². The Bertz CT molecular complexity index is 1110. The van der Waals surface area contributed by atoms with Crippen molar-refractivity contribution in [3.05, 3.63) is 62.7 Å². The van der Waals surface area contributed by atoms with E-state index >= 15 is 0 Å². The number of nitrogens with zero attached hydrogens (tertiary/aromatic N) is 7. The second-order valence-electron chi connectivity index (χ2n) is 6.26. The smallest absolute Gasteiger partial charge is 0.306 e. The number of anilines is 1. The summed E-state index contributed by atoms with van der Waals surface area (Å²) >= 11 is 1.19. The molecule has 3 rings (SSSR count). The van der Waals surface area contributed by atoms with Crippen molar-refractivity contribution in [1.29, 1.82) is 0 Å². The highest BCUT2D eigenvalue weighted by Gasteiger charge is 2.15. The van der Waals surface area contributed by atoms with Gasteiger partial charge in [0.05, 0.1) is 15.6 Å². The summed E-state index contributed by atoms with van der Waals surface area (Å²) in [6.45, 7) is 2.89. The van der Waals surface area contributed by atoms with Gasteiger partial charge in [0.2, 0.25) is 5.91 Å². The summed E-state index contributed by atoms with van der Waals surface area (Å²) in [5.74, 6) is 0.385. The van der Waals surface area contributed by atoms with E-state index in [1.807, 2.05) is 11.5 Å². The topological polar surface area (TPSA) is 164 Å². The molecule has 1 N–H and O–H groups in total. The van der Waals surface area contributed by atoms with Crippen LogP contribution in [-0.4, -0.2) is 46.1 Å². The van der Waals surface area contributed by atoms with Gasteiger partial charge in [-0.3, -0.25) is 29.7 Å². The lowest BCUT2D eigenvalue weighted by atomic mass is 10.3. The van der Waals surface area contributed by atoms with E-state index in [4.69, 9.17) is 0 Å². The number of benzene rings is 1. The number of aryl methyl sites for hydroxylation is 2. The van der Waals surface area contributed by atoms with Crippen molar-refractivity contribution in [3.63, 3.8) is 0 Å². The Labute approximate surface area is 179 Å². The van der Waals surface area contributed by atoms with Crippen LogP contribution >= 0.6 is 11.8 Å². The highest BCUT2D eigenvalue weighted by atomic mass is 32.2. The van der Waals surface area contributed by atoms with E-state index in [-0.39, 0.29) is 23.0 Å². The number of non-ortho nitro benzene ring substituents is 1. The van der Waals surface area contributed by atoms with Crippen LogP contribution in [0.3, 0.4) is 0 Å². The van der Waals surface area contributed by atoms with E-state index in [2.05, 4.69) is 20.6 Å². The Morgan fingerprint density at radius 1 is 1.19 bits per heavy atom. The number of thioether (sulfide) groups is 1. The molecule has 13 nitrogen and oxygen atoms in total. The number of carbonyl (C=O) groups is 1. The molecule has 0 atom stereocenters. The number of aromatic nitrogens is 5.